The van der Waals surface area contributed by atoms with Gasteiger partial charge in [0, 0.05) is 0 Å². The van der Waals surface area contributed by atoms with Crippen molar-refractivity contribution >= 4 is 97.0 Å². The second-order valence-electron chi connectivity index (χ2n) is 11.6. The van der Waals surface area contributed by atoms with Gasteiger partial charge in [0.25, 0.3) is 0 Å². The van der Waals surface area contributed by atoms with Crippen LogP contribution in [0.25, 0.3) is 97.0 Å². The highest BCUT2D eigenvalue weighted by molar-refractivity contribution is 6.29. The van der Waals surface area contributed by atoms with E-state index in [1.807, 2.05) is 0 Å². The van der Waals surface area contributed by atoms with E-state index < -0.39 is 0 Å². The van der Waals surface area contributed by atoms with Crippen LogP contribution < -0.4 is 0 Å². The van der Waals surface area contributed by atoms with Crippen molar-refractivity contribution in [1.29, 1.82) is 0 Å². The number of hydrogen-bond donors (Lipinski definition) is 0. The van der Waals surface area contributed by atoms with Crippen LogP contribution in [-0.2, 0) is 0 Å². The molecule has 0 spiro atoms. The Morgan fingerprint density at radius 3 is 0.595 bits per heavy atom. The van der Waals surface area contributed by atoms with E-state index in [0.29, 0.717) is 0 Å². The largest absolute Gasteiger partial charge is 0.0616 e. The summed E-state index contributed by atoms with van der Waals surface area (Å²) in [5.41, 5.74) is 0. The van der Waals surface area contributed by atoms with Gasteiger partial charge in [0.1, 0.15) is 0 Å². The summed E-state index contributed by atoms with van der Waals surface area (Å²) in [5, 5.41) is 23.6. The van der Waals surface area contributed by atoms with Gasteiger partial charge in [0.15, 0.2) is 0 Å². The van der Waals surface area contributed by atoms with Gasteiger partial charge >= 0.3 is 0 Å². The molecule has 0 fully saturated rings. The highest BCUT2D eigenvalue weighted by Crippen LogP contribution is 2.41. The van der Waals surface area contributed by atoms with Crippen molar-refractivity contribution in [3.63, 3.8) is 0 Å². The third kappa shape index (κ3) is 2.86. The maximum absolute atomic E-state index is 2.34. The summed E-state index contributed by atoms with van der Waals surface area (Å²) in [6, 6.07) is 54.4. The third-order valence-electron chi connectivity index (χ3n) is 9.63. The van der Waals surface area contributed by atoms with Crippen molar-refractivity contribution in [2.45, 2.75) is 0 Å². The molecule has 0 bridgehead atoms. The first kappa shape index (κ1) is 22.3. The molecule has 0 atom stereocenters. The summed E-state index contributed by atoms with van der Waals surface area (Å²) in [6.45, 7) is 0. The van der Waals surface area contributed by atoms with Gasteiger partial charge in [-0.1, -0.05) is 146 Å². The highest BCUT2D eigenvalue weighted by Gasteiger charge is 2.13. The molecule has 42 heavy (non-hydrogen) atoms. The van der Waals surface area contributed by atoms with Gasteiger partial charge < -0.3 is 0 Å². The zero-order valence-corrected chi connectivity index (χ0v) is 22.9. The van der Waals surface area contributed by atoms with Crippen molar-refractivity contribution in [3.05, 3.63) is 146 Å². The first-order valence-corrected chi connectivity index (χ1v) is 14.7. The van der Waals surface area contributed by atoms with Crippen LogP contribution in [0.2, 0.25) is 0 Å². The van der Waals surface area contributed by atoms with Crippen LogP contribution in [0.4, 0.5) is 0 Å². The lowest BCUT2D eigenvalue weighted by Crippen LogP contribution is -1.86. The van der Waals surface area contributed by atoms with E-state index >= 15 is 0 Å². The van der Waals surface area contributed by atoms with E-state index in [-0.39, 0.29) is 0 Å². The predicted octanol–water partition coefficient (Wildman–Crippen LogP) is 12.1. The fraction of sp³-hybridized carbons (Fsp3) is 0. The highest BCUT2D eigenvalue weighted by atomic mass is 14.2. The van der Waals surface area contributed by atoms with Gasteiger partial charge in [-0.3, -0.25) is 0 Å². The molecular weight excluding hydrogens is 504 g/mol. The van der Waals surface area contributed by atoms with Crippen LogP contribution in [0.3, 0.4) is 0 Å². The molecule has 0 amide bonds. The van der Waals surface area contributed by atoms with Crippen LogP contribution in [0.5, 0.6) is 0 Å². The molecule has 10 aromatic rings. The van der Waals surface area contributed by atoms with Crippen LogP contribution in [0.15, 0.2) is 146 Å². The first-order valence-electron chi connectivity index (χ1n) is 14.7. The normalized spacial score (nSPS) is 12.3. The van der Waals surface area contributed by atoms with Crippen LogP contribution in [0, 0.1) is 0 Å². The molecule has 0 saturated carbocycles. The molecule has 192 valence electrons. The molecule has 10 aromatic carbocycles. The minimum atomic E-state index is 1.29. The standard InChI is InChI=1S/C42H24/c1-3-7-27-25(5-1)9-11-31-29(27)13-15-35-33(31)17-19-39-37(35)21-23-42-40-20-18-34-32-12-10-26-6-2-4-8-28(26)30(32)14-16-36(34)38(40)22-24-41(39)42/h1-24H. The Bertz CT molecular complexity index is 2590. The fourth-order valence-electron chi connectivity index (χ4n) is 7.67. The van der Waals surface area contributed by atoms with Gasteiger partial charge in [-0.2, -0.15) is 0 Å². The molecule has 0 unspecified atom stereocenters. The summed E-state index contributed by atoms with van der Waals surface area (Å²) in [7, 11) is 0. The molecule has 0 aliphatic rings. The van der Waals surface area contributed by atoms with Crippen molar-refractivity contribution in [2.75, 3.05) is 0 Å². The summed E-state index contributed by atoms with van der Waals surface area (Å²) in [5.74, 6) is 0. The maximum atomic E-state index is 2.34. The molecule has 0 heteroatoms. The Labute approximate surface area is 242 Å². The summed E-state index contributed by atoms with van der Waals surface area (Å²) in [4.78, 5) is 0. The van der Waals surface area contributed by atoms with Crippen molar-refractivity contribution in [3.8, 4) is 0 Å². The molecule has 0 radical (unpaired) electrons. The molecule has 0 N–H and O–H groups in total. The second-order valence-corrected chi connectivity index (χ2v) is 11.6. The number of benzene rings is 10. The zero-order chi connectivity index (χ0) is 27.4. The lowest BCUT2D eigenvalue weighted by molar-refractivity contribution is 1.79. The van der Waals surface area contributed by atoms with E-state index in [4.69, 9.17) is 0 Å². The average molecular weight is 529 g/mol. The Morgan fingerprint density at radius 1 is 0.143 bits per heavy atom. The first-order chi connectivity index (χ1) is 20.8. The molecule has 0 heterocycles. The van der Waals surface area contributed by atoms with Gasteiger partial charge in [0.2, 0.25) is 0 Å². The van der Waals surface area contributed by atoms with Crippen LogP contribution in [0.1, 0.15) is 0 Å². The SMILES string of the molecule is c1ccc2c(c1)ccc1c2ccc2c1ccc1c2ccc2c3ccc4c5ccc6ccccc6c5ccc4c3ccc12. The monoisotopic (exact) mass is 528 g/mol. The molecule has 0 nitrogen and oxygen atoms in total. The Balaban J connectivity index is 1.24. The van der Waals surface area contributed by atoms with E-state index in [1.54, 1.807) is 0 Å². The molecule has 0 aliphatic carbocycles. The van der Waals surface area contributed by atoms with Crippen LogP contribution >= 0.6 is 0 Å². The number of hydrogen-bond acceptors (Lipinski definition) is 0. The Kier molecular flexibility index (Phi) is 4.27. The van der Waals surface area contributed by atoms with E-state index in [9.17, 15) is 0 Å². The quantitative estimate of drug-likeness (QED) is 0.172. The number of fused-ring (bicyclic) bond motifs is 17. The lowest BCUT2D eigenvalue weighted by atomic mass is 9.90. The lowest BCUT2D eigenvalue weighted by Gasteiger charge is -2.14. The minimum Gasteiger partial charge on any atom is -0.0616 e. The van der Waals surface area contributed by atoms with Crippen molar-refractivity contribution < 1.29 is 0 Å². The number of rotatable bonds is 0. The minimum absolute atomic E-state index is 1.29. The smallest absolute Gasteiger partial charge is 0.00987 e. The topological polar surface area (TPSA) is 0 Å². The van der Waals surface area contributed by atoms with Gasteiger partial charge in [0.05, 0.1) is 0 Å². The average Bonchev–Trinajstić information content (AvgIpc) is 3.06. The van der Waals surface area contributed by atoms with Gasteiger partial charge in [-0.05, 0) is 97.0 Å². The summed E-state index contributed by atoms with van der Waals surface area (Å²) >= 11 is 0. The molecule has 10 rings (SSSR count). The summed E-state index contributed by atoms with van der Waals surface area (Å²) < 4.78 is 0. The second kappa shape index (κ2) is 8.06. The molecule has 0 aromatic heterocycles. The van der Waals surface area contributed by atoms with Gasteiger partial charge in [-0.15, -0.1) is 0 Å². The maximum Gasteiger partial charge on any atom is -0.00987 e. The van der Waals surface area contributed by atoms with E-state index in [1.165, 1.54) is 97.0 Å². The Morgan fingerprint density at radius 2 is 0.333 bits per heavy atom. The van der Waals surface area contributed by atoms with E-state index in [0.717, 1.165) is 0 Å². The third-order valence-corrected chi connectivity index (χ3v) is 9.63. The fourth-order valence-corrected chi connectivity index (χ4v) is 7.67. The summed E-state index contributed by atoms with van der Waals surface area (Å²) in [6.07, 6.45) is 0. The molecule has 0 aliphatic heterocycles. The van der Waals surface area contributed by atoms with E-state index in [2.05, 4.69) is 146 Å². The Hall–Kier alpha value is -5.46. The van der Waals surface area contributed by atoms with Crippen molar-refractivity contribution in [1.82, 2.24) is 0 Å². The predicted molar refractivity (Wildman–Crippen MR) is 184 cm³/mol. The van der Waals surface area contributed by atoms with Crippen LogP contribution in [-0.4, -0.2) is 0 Å². The van der Waals surface area contributed by atoms with Gasteiger partial charge in [-0.25, -0.2) is 0 Å². The molecule has 0 saturated heterocycles. The van der Waals surface area contributed by atoms with Crippen molar-refractivity contribution in [2.24, 2.45) is 0 Å². The molecular formula is C42H24. The zero-order valence-electron chi connectivity index (χ0n) is 22.9.